The van der Waals surface area contributed by atoms with Gasteiger partial charge in [-0.3, -0.25) is 0 Å². The Bertz CT molecular complexity index is 295. The zero-order chi connectivity index (χ0) is 9.97. The highest BCUT2D eigenvalue weighted by Crippen LogP contribution is 2.25. The first-order chi connectivity index (χ1) is 6.75. The van der Waals surface area contributed by atoms with Crippen molar-refractivity contribution < 1.29 is 0 Å². The maximum Gasteiger partial charge on any atom is 0.107 e. The number of nitrogens with one attached hydrogen (secondary N) is 1. The van der Waals surface area contributed by atoms with E-state index in [1.54, 1.807) is 11.3 Å². The summed E-state index contributed by atoms with van der Waals surface area (Å²) in [5.41, 5.74) is 0. The van der Waals surface area contributed by atoms with Gasteiger partial charge in [0.15, 0.2) is 0 Å². The van der Waals surface area contributed by atoms with E-state index in [9.17, 15) is 0 Å². The number of nitrogens with zero attached hydrogens (tertiary/aromatic N) is 1. The number of aromatic nitrogens is 1. The Morgan fingerprint density at radius 1 is 1.57 bits per heavy atom. The van der Waals surface area contributed by atoms with Crippen LogP contribution in [-0.2, 0) is 6.54 Å². The van der Waals surface area contributed by atoms with Crippen molar-refractivity contribution in [1.29, 1.82) is 0 Å². The van der Waals surface area contributed by atoms with Gasteiger partial charge in [-0.2, -0.15) is 0 Å². The van der Waals surface area contributed by atoms with Gasteiger partial charge in [-0.15, -0.1) is 11.3 Å². The molecule has 3 heteroatoms. The molecule has 1 saturated carbocycles. The third-order valence-corrected chi connectivity index (χ3v) is 3.96. The largest absolute Gasteiger partial charge is 0.307 e. The molecule has 0 amide bonds. The molecule has 1 heterocycles. The van der Waals surface area contributed by atoms with Crippen LogP contribution in [0.2, 0.25) is 0 Å². The average molecular weight is 210 g/mol. The Labute approximate surface area is 89.8 Å². The summed E-state index contributed by atoms with van der Waals surface area (Å²) in [7, 11) is 0. The van der Waals surface area contributed by atoms with Crippen LogP contribution in [0, 0.1) is 12.8 Å². The van der Waals surface area contributed by atoms with E-state index in [0.717, 1.165) is 18.5 Å². The second-order valence-corrected chi connectivity index (χ2v) is 5.58. The predicted octanol–water partition coefficient (Wildman–Crippen LogP) is 2.73. The van der Waals surface area contributed by atoms with E-state index in [-0.39, 0.29) is 0 Å². The SMILES string of the molecule is Cc1cnc(CNC2CCCC2C)s1. The topological polar surface area (TPSA) is 24.9 Å². The molecule has 2 unspecified atom stereocenters. The van der Waals surface area contributed by atoms with E-state index in [4.69, 9.17) is 0 Å². The molecular formula is C11H18N2S. The maximum absolute atomic E-state index is 4.36. The second-order valence-electron chi connectivity index (χ2n) is 4.26. The van der Waals surface area contributed by atoms with Gasteiger partial charge < -0.3 is 5.32 Å². The van der Waals surface area contributed by atoms with Crippen molar-refractivity contribution in [3.63, 3.8) is 0 Å². The Kier molecular flexibility index (Phi) is 3.19. The highest BCUT2D eigenvalue weighted by atomic mass is 32.1. The Morgan fingerprint density at radius 2 is 2.43 bits per heavy atom. The van der Waals surface area contributed by atoms with Crippen molar-refractivity contribution in [2.24, 2.45) is 5.92 Å². The molecular weight excluding hydrogens is 192 g/mol. The fourth-order valence-corrected chi connectivity index (χ4v) is 2.89. The normalized spacial score (nSPS) is 27.0. The summed E-state index contributed by atoms with van der Waals surface area (Å²) < 4.78 is 0. The summed E-state index contributed by atoms with van der Waals surface area (Å²) in [5.74, 6) is 0.844. The molecule has 1 N–H and O–H groups in total. The van der Waals surface area contributed by atoms with Crippen LogP contribution < -0.4 is 5.32 Å². The number of aryl methyl sites for hydroxylation is 1. The monoisotopic (exact) mass is 210 g/mol. The molecule has 2 atom stereocenters. The van der Waals surface area contributed by atoms with Crippen molar-refractivity contribution in [2.45, 2.75) is 45.7 Å². The van der Waals surface area contributed by atoms with E-state index in [0.29, 0.717) is 0 Å². The maximum atomic E-state index is 4.36. The van der Waals surface area contributed by atoms with Gasteiger partial charge in [0.1, 0.15) is 5.01 Å². The van der Waals surface area contributed by atoms with Gasteiger partial charge in [0.25, 0.3) is 0 Å². The smallest absolute Gasteiger partial charge is 0.107 e. The Hall–Kier alpha value is -0.410. The summed E-state index contributed by atoms with van der Waals surface area (Å²) in [6.07, 6.45) is 6.07. The molecule has 78 valence electrons. The molecule has 0 bridgehead atoms. The molecule has 0 aromatic carbocycles. The Balaban J connectivity index is 1.82. The average Bonchev–Trinajstić information content (AvgIpc) is 2.72. The fourth-order valence-electron chi connectivity index (χ4n) is 2.15. The molecule has 0 saturated heterocycles. The van der Waals surface area contributed by atoms with Crippen molar-refractivity contribution in [3.05, 3.63) is 16.1 Å². The quantitative estimate of drug-likeness (QED) is 0.829. The molecule has 1 aliphatic carbocycles. The number of hydrogen-bond donors (Lipinski definition) is 1. The number of thiazole rings is 1. The number of rotatable bonds is 3. The summed E-state index contributed by atoms with van der Waals surface area (Å²) in [6.45, 7) is 5.41. The van der Waals surface area contributed by atoms with Crippen LogP contribution in [0.4, 0.5) is 0 Å². The van der Waals surface area contributed by atoms with Gasteiger partial charge >= 0.3 is 0 Å². The fraction of sp³-hybridized carbons (Fsp3) is 0.727. The molecule has 2 rings (SSSR count). The van der Waals surface area contributed by atoms with Crippen LogP contribution in [0.15, 0.2) is 6.20 Å². The van der Waals surface area contributed by atoms with Gasteiger partial charge in [-0.05, 0) is 25.7 Å². The second kappa shape index (κ2) is 4.41. The molecule has 14 heavy (non-hydrogen) atoms. The van der Waals surface area contributed by atoms with Crippen LogP contribution in [0.1, 0.15) is 36.1 Å². The number of hydrogen-bond acceptors (Lipinski definition) is 3. The standard InChI is InChI=1S/C11H18N2S/c1-8-4-3-5-10(8)12-7-11-13-6-9(2)14-11/h6,8,10,12H,3-5,7H2,1-2H3. The lowest BCUT2D eigenvalue weighted by molar-refractivity contribution is 0.425. The lowest BCUT2D eigenvalue weighted by Gasteiger charge is -2.15. The van der Waals surface area contributed by atoms with Gasteiger partial charge in [0.05, 0.1) is 0 Å². The molecule has 1 aromatic heterocycles. The van der Waals surface area contributed by atoms with Crippen LogP contribution in [-0.4, -0.2) is 11.0 Å². The van der Waals surface area contributed by atoms with Crippen molar-refractivity contribution in [1.82, 2.24) is 10.3 Å². The Morgan fingerprint density at radius 3 is 3.00 bits per heavy atom. The minimum absolute atomic E-state index is 0.721. The van der Waals surface area contributed by atoms with E-state index < -0.39 is 0 Å². The molecule has 0 aliphatic heterocycles. The van der Waals surface area contributed by atoms with Crippen LogP contribution in [0.25, 0.3) is 0 Å². The highest BCUT2D eigenvalue weighted by Gasteiger charge is 2.22. The first kappa shape index (κ1) is 10.1. The summed E-state index contributed by atoms with van der Waals surface area (Å²) in [6, 6.07) is 0.721. The van der Waals surface area contributed by atoms with Crippen LogP contribution >= 0.6 is 11.3 Å². The predicted molar refractivity (Wildman–Crippen MR) is 60.5 cm³/mol. The molecule has 1 aliphatic rings. The molecule has 1 fully saturated rings. The first-order valence-electron chi connectivity index (χ1n) is 5.40. The van der Waals surface area contributed by atoms with Crippen LogP contribution in [0.3, 0.4) is 0 Å². The minimum Gasteiger partial charge on any atom is -0.307 e. The zero-order valence-electron chi connectivity index (χ0n) is 8.92. The van der Waals surface area contributed by atoms with E-state index in [2.05, 4.69) is 24.1 Å². The third-order valence-electron chi connectivity index (χ3n) is 3.05. The van der Waals surface area contributed by atoms with Crippen LogP contribution in [0.5, 0.6) is 0 Å². The molecule has 0 radical (unpaired) electrons. The summed E-state index contributed by atoms with van der Waals surface area (Å²) in [4.78, 5) is 5.66. The van der Waals surface area contributed by atoms with Crippen molar-refractivity contribution in [3.8, 4) is 0 Å². The summed E-state index contributed by atoms with van der Waals surface area (Å²) >= 11 is 1.80. The highest BCUT2D eigenvalue weighted by molar-refractivity contribution is 7.11. The van der Waals surface area contributed by atoms with Crippen molar-refractivity contribution >= 4 is 11.3 Å². The molecule has 2 nitrogen and oxygen atoms in total. The van der Waals surface area contributed by atoms with E-state index in [1.807, 2.05) is 6.20 Å². The van der Waals surface area contributed by atoms with E-state index >= 15 is 0 Å². The third kappa shape index (κ3) is 2.34. The summed E-state index contributed by atoms with van der Waals surface area (Å²) in [5, 5.41) is 4.83. The first-order valence-corrected chi connectivity index (χ1v) is 6.22. The minimum atomic E-state index is 0.721. The molecule has 0 spiro atoms. The lowest BCUT2D eigenvalue weighted by atomic mass is 10.1. The zero-order valence-corrected chi connectivity index (χ0v) is 9.73. The van der Waals surface area contributed by atoms with Crippen molar-refractivity contribution in [2.75, 3.05) is 0 Å². The molecule has 1 aromatic rings. The van der Waals surface area contributed by atoms with Gasteiger partial charge in [-0.25, -0.2) is 4.98 Å². The van der Waals surface area contributed by atoms with Gasteiger partial charge in [0.2, 0.25) is 0 Å². The van der Waals surface area contributed by atoms with E-state index in [1.165, 1.54) is 29.1 Å². The van der Waals surface area contributed by atoms with Gasteiger partial charge in [0, 0.05) is 23.7 Å². The van der Waals surface area contributed by atoms with Gasteiger partial charge in [-0.1, -0.05) is 13.3 Å². The lowest BCUT2D eigenvalue weighted by Crippen LogP contribution is -2.30.